The van der Waals surface area contributed by atoms with E-state index in [0.29, 0.717) is 39.4 Å². The summed E-state index contributed by atoms with van der Waals surface area (Å²) in [6, 6.07) is 5.21. The highest BCUT2D eigenvalue weighted by Crippen LogP contribution is 2.33. The number of nitrogens with zero attached hydrogens (tertiary/aromatic N) is 4. The van der Waals surface area contributed by atoms with Crippen molar-refractivity contribution in [2.45, 2.75) is 63.9 Å². The van der Waals surface area contributed by atoms with Crippen molar-refractivity contribution in [1.29, 1.82) is 0 Å². The van der Waals surface area contributed by atoms with Crippen molar-refractivity contribution in [2.24, 2.45) is 5.92 Å². The lowest BCUT2D eigenvalue weighted by Gasteiger charge is -2.16. The van der Waals surface area contributed by atoms with Gasteiger partial charge in [0.15, 0.2) is 11.0 Å². The van der Waals surface area contributed by atoms with Gasteiger partial charge in [0.1, 0.15) is 0 Å². The van der Waals surface area contributed by atoms with E-state index >= 15 is 0 Å². The minimum Gasteiger partial charge on any atom is -0.338 e. The second-order valence-electron chi connectivity index (χ2n) is 7.28. The van der Waals surface area contributed by atoms with Gasteiger partial charge in [0.05, 0.1) is 16.2 Å². The van der Waals surface area contributed by atoms with Crippen LogP contribution in [0.4, 0.5) is 0 Å². The lowest BCUT2D eigenvalue weighted by Crippen LogP contribution is -2.25. The quantitative estimate of drug-likeness (QED) is 0.364. The molecular formula is C20H25ClN4O2S. The summed E-state index contributed by atoms with van der Waals surface area (Å²) in [5.41, 5.74) is 0.559. The van der Waals surface area contributed by atoms with Crippen molar-refractivity contribution < 1.29 is 4.52 Å². The van der Waals surface area contributed by atoms with Gasteiger partial charge in [-0.2, -0.15) is 4.98 Å². The topological polar surface area (TPSA) is 73.8 Å². The molecule has 0 bridgehead atoms. The van der Waals surface area contributed by atoms with Gasteiger partial charge in [-0.25, -0.2) is 4.98 Å². The molecule has 3 rings (SSSR count). The zero-order valence-electron chi connectivity index (χ0n) is 16.6. The molecule has 150 valence electrons. The Labute approximate surface area is 173 Å². The Morgan fingerprint density at radius 3 is 2.75 bits per heavy atom. The predicted octanol–water partition coefficient (Wildman–Crippen LogP) is 5.28. The summed E-state index contributed by atoms with van der Waals surface area (Å²) in [6.45, 7) is 8.84. The number of aryl methyl sites for hydroxylation is 1. The highest BCUT2D eigenvalue weighted by molar-refractivity contribution is 7.99. The maximum Gasteiger partial charge on any atom is 0.262 e. The number of fused-ring (bicyclic) bond motifs is 1. The van der Waals surface area contributed by atoms with E-state index in [1.165, 1.54) is 11.8 Å². The minimum atomic E-state index is -0.113. The summed E-state index contributed by atoms with van der Waals surface area (Å²) in [4.78, 5) is 22.3. The molecule has 1 unspecified atom stereocenters. The molecule has 0 radical (unpaired) electrons. The van der Waals surface area contributed by atoms with Gasteiger partial charge in [-0.05, 0) is 37.5 Å². The van der Waals surface area contributed by atoms with Crippen LogP contribution >= 0.6 is 23.4 Å². The van der Waals surface area contributed by atoms with E-state index < -0.39 is 0 Å². The summed E-state index contributed by atoms with van der Waals surface area (Å²) < 4.78 is 7.16. The molecule has 0 N–H and O–H groups in total. The molecule has 0 aliphatic heterocycles. The average Bonchev–Trinajstić information content (AvgIpc) is 3.12. The Morgan fingerprint density at radius 1 is 1.25 bits per heavy atom. The predicted molar refractivity (Wildman–Crippen MR) is 113 cm³/mol. The van der Waals surface area contributed by atoms with Crippen LogP contribution in [0.1, 0.15) is 57.5 Å². The third kappa shape index (κ3) is 4.75. The van der Waals surface area contributed by atoms with Gasteiger partial charge in [-0.15, -0.1) is 0 Å². The van der Waals surface area contributed by atoms with Gasteiger partial charge < -0.3 is 4.52 Å². The van der Waals surface area contributed by atoms with Crippen LogP contribution in [0.2, 0.25) is 5.02 Å². The lowest BCUT2D eigenvalue weighted by molar-refractivity contribution is 0.374. The van der Waals surface area contributed by atoms with E-state index in [1.54, 1.807) is 22.8 Å². The Morgan fingerprint density at radius 2 is 2.04 bits per heavy atom. The van der Waals surface area contributed by atoms with E-state index in [1.807, 2.05) is 6.92 Å². The Hall–Kier alpha value is -1.86. The first-order valence-corrected chi connectivity index (χ1v) is 10.8. The minimum absolute atomic E-state index is 0.0786. The maximum atomic E-state index is 13.1. The van der Waals surface area contributed by atoms with Gasteiger partial charge in [0.2, 0.25) is 5.89 Å². The molecular weight excluding hydrogens is 396 g/mol. The zero-order chi connectivity index (χ0) is 20.3. The third-order valence-corrected chi connectivity index (χ3v) is 5.61. The molecule has 0 spiro atoms. The third-order valence-electron chi connectivity index (χ3n) is 4.30. The first-order chi connectivity index (χ1) is 13.4. The number of hydrogen-bond donors (Lipinski definition) is 0. The molecule has 0 amide bonds. The Bertz CT molecular complexity index is 1020. The Kier molecular flexibility index (Phi) is 6.78. The number of thioether (sulfide) groups is 1. The molecule has 3 aromatic rings. The smallest absolute Gasteiger partial charge is 0.262 e. The highest BCUT2D eigenvalue weighted by atomic mass is 35.5. The summed E-state index contributed by atoms with van der Waals surface area (Å²) >= 11 is 7.54. The van der Waals surface area contributed by atoms with Gasteiger partial charge in [0.25, 0.3) is 5.56 Å². The standard InChI is InChI=1S/C20H25ClN4O2S/c1-5-6-7-17-23-18(27-24-17)13(4)28-20-22-16-9-8-14(21)10-15(16)19(26)25(20)11-12(2)3/h8-10,12-13H,5-7,11H2,1-4H3. The van der Waals surface area contributed by atoms with Gasteiger partial charge in [0, 0.05) is 18.0 Å². The van der Waals surface area contributed by atoms with Crippen LogP contribution in [0.15, 0.2) is 32.7 Å². The van der Waals surface area contributed by atoms with Gasteiger partial charge in [-0.3, -0.25) is 9.36 Å². The molecule has 8 heteroatoms. The maximum absolute atomic E-state index is 13.1. The largest absolute Gasteiger partial charge is 0.338 e. The van der Waals surface area contributed by atoms with Crippen molar-refractivity contribution >= 4 is 34.3 Å². The average molecular weight is 421 g/mol. The monoisotopic (exact) mass is 420 g/mol. The molecule has 28 heavy (non-hydrogen) atoms. The van der Waals surface area contributed by atoms with Crippen LogP contribution in [0.5, 0.6) is 0 Å². The molecule has 2 heterocycles. The van der Waals surface area contributed by atoms with Crippen LogP contribution in [-0.4, -0.2) is 19.7 Å². The molecule has 0 aliphatic rings. The number of hydrogen-bond acceptors (Lipinski definition) is 6. The molecule has 0 aliphatic carbocycles. The van der Waals surface area contributed by atoms with Crippen molar-refractivity contribution in [3.05, 3.63) is 45.3 Å². The van der Waals surface area contributed by atoms with E-state index in [9.17, 15) is 4.79 Å². The number of unbranched alkanes of at least 4 members (excludes halogenated alkanes) is 1. The van der Waals surface area contributed by atoms with Gasteiger partial charge >= 0.3 is 0 Å². The fourth-order valence-corrected chi connectivity index (χ4v) is 3.99. The number of halogens is 1. The molecule has 0 saturated heterocycles. The van der Waals surface area contributed by atoms with Crippen LogP contribution in [0.3, 0.4) is 0 Å². The molecule has 2 aromatic heterocycles. The first kappa shape index (κ1) is 20.9. The summed E-state index contributed by atoms with van der Waals surface area (Å²) in [5.74, 6) is 1.58. The summed E-state index contributed by atoms with van der Waals surface area (Å²) in [7, 11) is 0. The lowest BCUT2D eigenvalue weighted by atomic mass is 10.2. The fourth-order valence-electron chi connectivity index (χ4n) is 2.87. The van der Waals surface area contributed by atoms with E-state index in [-0.39, 0.29) is 10.8 Å². The number of rotatable bonds is 8. The van der Waals surface area contributed by atoms with Crippen LogP contribution in [-0.2, 0) is 13.0 Å². The molecule has 6 nitrogen and oxygen atoms in total. The zero-order valence-corrected chi connectivity index (χ0v) is 18.2. The molecule has 0 fully saturated rings. The first-order valence-electron chi connectivity index (χ1n) is 9.58. The van der Waals surface area contributed by atoms with E-state index in [4.69, 9.17) is 21.1 Å². The molecule has 1 aromatic carbocycles. The van der Waals surface area contributed by atoms with Crippen LogP contribution in [0, 0.1) is 5.92 Å². The summed E-state index contributed by atoms with van der Waals surface area (Å²) in [6.07, 6.45) is 2.92. The van der Waals surface area contributed by atoms with Crippen molar-refractivity contribution in [3.8, 4) is 0 Å². The van der Waals surface area contributed by atoms with Crippen molar-refractivity contribution in [2.75, 3.05) is 0 Å². The second kappa shape index (κ2) is 9.09. The molecule has 1 atom stereocenters. The summed E-state index contributed by atoms with van der Waals surface area (Å²) in [5, 5.41) is 5.66. The van der Waals surface area contributed by atoms with Crippen molar-refractivity contribution in [1.82, 2.24) is 19.7 Å². The molecule has 0 saturated carbocycles. The van der Waals surface area contributed by atoms with Crippen LogP contribution in [0.25, 0.3) is 10.9 Å². The Balaban J connectivity index is 1.95. The fraction of sp³-hybridized carbons (Fsp3) is 0.500. The van der Waals surface area contributed by atoms with Gasteiger partial charge in [-0.1, -0.05) is 55.7 Å². The van der Waals surface area contributed by atoms with Crippen molar-refractivity contribution in [3.63, 3.8) is 0 Å². The SMILES string of the molecule is CCCCc1noc(C(C)Sc2nc3ccc(Cl)cc3c(=O)n2CC(C)C)n1. The van der Waals surface area contributed by atoms with Crippen LogP contribution < -0.4 is 5.56 Å². The highest BCUT2D eigenvalue weighted by Gasteiger charge is 2.20. The number of aromatic nitrogens is 4. The van der Waals surface area contributed by atoms with E-state index in [2.05, 4.69) is 30.9 Å². The normalized spacial score (nSPS) is 12.8. The second-order valence-corrected chi connectivity index (χ2v) is 9.02. The number of benzene rings is 1. The van der Waals surface area contributed by atoms with E-state index in [0.717, 1.165) is 25.1 Å².